The number of benzene rings is 1. The molecule has 0 aliphatic carbocycles. The highest BCUT2D eigenvalue weighted by Gasteiger charge is 2.23. The fourth-order valence-corrected chi connectivity index (χ4v) is 2.84. The summed E-state index contributed by atoms with van der Waals surface area (Å²) in [5.41, 5.74) is 2.19. The van der Waals surface area contributed by atoms with Gasteiger partial charge in [0.25, 0.3) is 9.05 Å². The van der Waals surface area contributed by atoms with Gasteiger partial charge in [0.15, 0.2) is 0 Å². The second-order valence-corrected chi connectivity index (χ2v) is 6.83. The normalized spacial score (nSPS) is 15.6. The van der Waals surface area contributed by atoms with E-state index in [1.54, 1.807) is 12.1 Å². The summed E-state index contributed by atoms with van der Waals surface area (Å²) >= 11 is 0. The van der Waals surface area contributed by atoms with E-state index in [0.29, 0.717) is 6.04 Å². The van der Waals surface area contributed by atoms with Gasteiger partial charge in [-0.1, -0.05) is 6.07 Å². The third kappa shape index (κ3) is 2.04. The molecule has 1 aliphatic rings. The number of anilines is 1. The largest absolute Gasteiger partial charge is 0.369 e. The van der Waals surface area contributed by atoms with Crippen molar-refractivity contribution in [3.63, 3.8) is 0 Å². The lowest BCUT2D eigenvalue weighted by Crippen LogP contribution is -2.28. The molecule has 0 saturated carbocycles. The van der Waals surface area contributed by atoms with Crippen molar-refractivity contribution in [2.75, 3.05) is 11.4 Å². The molecule has 16 heavy (non-hydrogen) atoms. The van der Waals surface area contributed by atoms with E-state index in [2.05, 4.69) is 18.7 Å². The fourth-order valence-electron chi connectivity index (χ4n) is 2.07. The molecular formula is C11H14ClNO2S. The highest BCUT2D eigenvalue weighted by atomic mass is 35.7. The van der Waals surface area contributed by atoms with E-state index >= 15 is 0 Å². The van der Waals surface area contributed by atoms with Crippen LogP contribution >= 0.6 is 10.7 Å². The minimum atomic E-state index is -3.63. The average Bonchev–Trinajstić information content (AvgIpc) is 2.58. The lowest BCUT2D eigenvalue weighted by atomic mass is 10.2. The standard InChI is InChI=1S/C11H14ClNO2S/c1-8(2)13-6-5-9-3-4-10(7-11(9)13)16(12,14)15/h3-4,7-8H,5-6H2,1-2H3. The summed E-state index contributed by atoms with van der Waals surface area (Å²) in [5.74, 6) is 0. The van der Waals surface area contributed by atoms with Crippen molar-refractivity contribution in [3.8, 4) is 0 Å². The predicted molar refractivity (Wildman–Crippen MR) is 65.7 cm³/mol. The van der Waals surface area contributed by atoms with Gasteiger partial charge in [-0.3, -0.25) is 0 Å². The maximum absolute atomic E-state index is 11.3. The van der Waals surface area contributed by atoms with Crippen LogP contribution in [0, 0.1) is 0 Å². The monoisotopic (exact) mass is 259 g/mol. The highest BCUT2D eigenvalue weighted by molar-refractivity contribution is 8.13. The van der Waals surface area contributed by atoms with Crippen LogP contribution in [0.15, 0.2) is 23.1 Å². The molecule has 0 amide bonds. The van der Waals surface area contributed by atoms with Crippen LogP contribution in [-0.4, -0.2) is 21.0 Å². The van der Waals surface area contributed by atoms with Crippen LogP contribution in [0.4, 0.5) is 5.69 Å². The lowest BCUT2D eigenvalue weighted by Gasteiger charge is -2.24. The zero-order chi connectivity index (χ0) is 11.9. The first-order valence-electron chi connectivity index (χ1n) is 5.24. The Morgan fingerprint density at radius 2 is 2.06 bits per heavy atom. The third-order valence-electron chi connectivity index (χ3n) is 2.89. The molecule has 0 radical (unpaired) electrons. The second kappa shape index (κ2) is 3.93. The van der Waals surface area contributed by atoms with Gasteiger partial charge in [-0.05, 0) is 38.0 Å². The van der Waals surface area contributed by atoms with Gasteiger partial charge in [-0.25, -0.2) is 8.42 Å². The molecule has 3 nitrogen and oxygen atoms in total. The van der Waals surface area contributed by atoms with Crippen LogP contribution in [-0.2, 0) is 15.5 Å². The topological polar surface area (TPSA) is 37.4 Å². The summed E-state index contributed by atoms with van der Waals surface area (Å²) in [7, 11) is 1.71. The quantitative estimate of drug-likeness (QED) is 0.766. The van der Waals surface area contributed by atoms with Crippen LogP contribution in [0.25, 0.3) is 0 Å². The molecule has 0 atom stereocenters. The Morgan fingerprint density at radius 3 is 2.62 bits per heavy atom. The van der Waals surface area contributed by atoms with Crippen molar-refractivity contribution < 1.29 is 8.42 Å². The van der Waals surface area contributed by atoms with Crippen LogP contribution in [0.2, 0.25) is 0 Å². The number of fused-ring (bicyclic) bond motifs is 1. The van der Waals surface area contributed by atoms with Gasteiger partial charge in [0.1, 0.15) is 0 Å². The van der Waals surface area contributed by atoms with E-state index in [1.807, 2.05) is 6.07 Å². The Kier molecular flexibility index (Phi) is 2.88. The Balaban J connectivity index is 2.50. The SMILES string of the molecule is CC(C)N1CCc2ccc(S(=O)(=O)Cl)cc21. The number of rotatable bonds is 2. The summed E-state index contributed by atoms with van der Waals surface area (Å²) < 4.78 is 22.5. The summed E-state index contributed by atoms with van der Waals surface area (Å²) in [6, 6.07) is 5.47. The van der Waals surface area contributed by atoms with Crippen LogP contribution < -0.4 is 4.90 Å². The smallest absolute Gasteiger partial charge is 0.261 e. The molecule has 88 valence electrons. The summed E-state index contributed by atoms with van der Waals surface area (Å²) in [5, 5.41) is 0. The molecule has 0 saturated heterocycles. The molecule has 0 aromatic heterocycles. The van der Waals surface area contributed by atoms with E-state index in [0.717, 1.165) is 18.7 Å². The molecule has 0 unspecified atom stereocenters. The summed E-state index contributed by atoms with van der Waals surface area (Å²) in [6.45, 7) is 5.13. The van der Waals surface area contributed by atoms with E-state index in [9.17, 15) is 8.42 Å². The predicted octanol–water partition coefficient (Wildman–Crippen LogP) is 2.39. The summed E-state index contributed by atoms with van der Waals surface area (Å²) in [6.07, 6.45) is 0.968. The van der Waals surface area contributed by atoms with Gasteiger partial charge in [0.2, 0.25) is 0 Å². The number of halogens is 1. The third-order valence-corrected chi connectivity index (χ3v) is 4.24. The average molecular weight is 260 g/mol. The minimum absolute atomic E-state index is 0.181. The van der Waals surface area contributed by atoms with Gasteiger partial charge in [-0.2, -0.15) is 0 Å². The molecular weight excluding hydrogens is 246 g/mol. The van der Waals surface area contributed by atoms with Crippen LogP contribution in [0.1, 0.15) is 19.4 Å². The molecule has 0 spiro atoms. The molecule has 1 aromatic carbocycles. The second-order valence-electron chi connectivity index (χ2n) is 4.27. The zero-order valence-electron chi connectivity index (χ0n) is 9.27. The van der Waals surface area contributed by atoms with Crippen LogP contribution in [0.3, 0.4) is 0 Å². The van der Waals surface area contributed by atoms with Crippen molar-refractivity contribution in [3.05, 3.63) is 23.8 Å². The number of hydrogen-bond acceptors (Lipinski definition) is 3. The Morgan fingerprint density at radius 1 is 1.38 bits per heavy atom. The van der Waals surface area contributed by atoms with Gasteiger partial charge in [-0.15, -0.1) is 0 Å². The Hall–Kier alpha value is -0.740. The van der Waals surface area contributed by atoms with E-state index < -0.39 is 9.05 Å². The first-order chi connectivity index (χ1) is 7.39. The first-order valence-corrected chi connectivity index (χ1v) is 7.55. The van der Waals surface area contributed by atoms with E-state index in [1.165, 1.54) is 5.56 Å². The number of hydrogen-bond donors (Lipinski definition) is 0. The van der Waals surface area contributed by atoms with Gasteiger partial charge < -0.3 is 4.90 Å². The maximum Gasteiger partial charge on any atom is 0.261 e. The van der Waals surface area contributed by atoms with Crippen molar-refractivity contribution in [2.24, 2.45) is 0 Å². The number of nitrogens with zero attached hydrogens (tertiary/aromatic N) is 1. The van der Waals surface area contributed by atoms with Crippen molar-refractivity contribution >= 4 is 25.4 Å². The molecule has 2 rings (SSSR count). The Bertz CT molecular complexity index is 511. The molecule has 1 aromatic rings. The first kappa shape index (κ1) is 11.7. The molecule has 5 heteroatoms. The Labute approximate surface area is 100 Å². The van der Waals surface area contributed by atoms with Crippen molar-refractivity contribution in [1.29, 1.82) is 0 Å². The van der Waals surface area contributed by atoms with Gasteiger partial charge in [0, 0.05) is 29.0 Å². The van der Waals surface area contributed by atoms with E-state index in [-0.39, 0.29) is 4.90 Å². The fraction of sp³-hybridized carbons (Fsp3) is 0.455. The van der Waals surface area contributed by atoms with Crippen molar-refractivity contribution in [2.45, 2.75) is 31.2 Å². The zero-order valence-corrected chi connectivity index (χ0v) is 10.8. The maximum atomic E-state index is 11.3. The molecule has 0 bridgehead atoms. The van der Waals surface area contributed by atoms with Gasteiger partial charge >= 0.3 is 0 Å². The van der Waals surface area contributed by atoms with Gasteiger partial charge in [0.05, 0.1) is 4.90 Å². The lowest BCUT2D eigenvalue weighted by molar-refractivity contribution is 0.609. The minimum Gasteiger partial charge on any atom is -0.369 e. The van der Waals surface area contributed by atoms with Crippen molar-refractivity contribution in [1.82, 2.24) is 0 Å². The highest BCUT2D eigenvalue weighted by Crippen LogP contribution is 2.32. The van der Waals surface area contributed by atoms with Crippen LogP contribution in [0.5, 0.6) is 0 Å². The van der Waals surface area contributed by atoms with E-state index in [4.69, 9.17) is 10.7 Å². The molecule has 1 heterocycles. The summed E-state index contributed by atoms with van der Waals surface area (Å²) in [4.78, 5) is 2.38. The molecule has 1 aliphatic heterocycles. The molecule has 0 N–H and O–H groups in total. The molecule has 0 fully saturated rings.